The number of aliphatic hydroxyl groups is 1. The van der Waals surface area contributed by atoms with Gasteiger partial charge in [-0.3, -0.25) is 0 Å². The molecule has 1 aliphatic rings. The fourth-order valence-electron chi connectivity index (χ4n) is 2.61. The molecular weight excluding hydrogens is 226 g/mol. The Labute approximate surface area is 109 Å². The van der Waals surface area contributed by atoms with Gasteiger partial charge in [-0.2, -0.15) is 0 Å². The molecule has 1 aromatic carbocycles. The van der Waals surface area contributed by atoms with Gasteiger partial charge in [0.2, 0.25) is 0 Å². The lowest BCUT2D eigenvalue weighted by atomic mass is 9.88. The van der Waals surface area contributed by atoms with Gasteiger partial charge in [0.15, 0.2) is 0 Å². The number of nitrogens with zero attached hydrogens (tertiary/aromatic N) is 1. The van der Waals surface area contributed by atoms with Gasteiger partial charge in [-0.15, -0.1) is 0 Å². The molecular formula is C15H23NO2. The van der Waals surface area contributed by atoms with E-state index >= 15 is 0 Å². The molecule has 1 aromatic rings. The van der Waals surface area contributed by atoms with Crippen molar-refractivity contribution in [3.63, 3.8) is 0 Å². The maximum absolute atomic E-state index is 8.65. The molecule has 18 heavy (non-hydrogen) atoms. The summed E-state index contributed by atoms with van der Waals surface area (Å²) in [5.41, 5.74) is 3.01. The van der Waals surface area contributed by atoms with Gasteiger partial charge in [0.25, 0.3) is 0 Å². The van der Waals surface area contributed by atoms with Crippen molar-refractivity contribution in [2.75, 3.05) is 33.4 Å². The minimum absolute atomic E-state index is 0.112. The van der Waals surface area contributed by atoms with Crippen LogP contribution in [0.15, 0.2) is 24.3 Å². The lowest BCUT2D eigenvalue weighted by molar-refractivity contribution is 0.0687. The Morgan fingerprint density at radius 1 is 1.28 bits per heavy atom. The summed E-state index contributed by atoms with van der Waals surface area (Å²) >= 11 is 0. The van der Waals surface area contributed by atoms with Crippen LogP contribution in [0.25, 0.3) is 0 Å². The highest BCUT2D eigenvalue weighted by Crippen LogP contribution is 2.23. The number of hydrogen-bond donors (Lipinski definition) is 1. The fourth-order valence-corrected chi connectivity index (χ4v) is 2.61. The molecule has 0 bridgehead atoms. The molecule has 1 atom stereocenters. The van der Waals surface area contributed by atoms with E-state index in [1.807, 2.05) is 0 Å². The van der Waals surface area contributed by atoms with Gasteiger partial charge in [-0.1, -0.05) is 24.3 Å². The third kappa shape index (κ3) is 3.55. The van der Waals surface area contributed by atoms with E-state index in [1.165, 1.54) is 24.0 Å². The van der Waals surface area contributed by atoms with Crippen molar-refractivity contribution < 1.29 is 9.84 Å². The summed E-state index contributed by atoms with van der Waals surface area (Å²) in [7, 11) is 2.17. The van der Waals surface area contributed by atoms with Crippen LogP contribution >= 0.6 is 0 Å². The number of rotatable bonds is 6. The van der Waals surface area contributed by atoms with Crippen LogP contribution in [0.1, 0.15) is 17.5 Å². The summed E-state index contributed by atoms with van der Waals surface area (Å²) in [6.45, 7) is 2.20. The number of ether oxygens (including phenoxy) is 1. The van der Waals surface area contributed by atoms with Gasteiger partial charge in [0, 0.05) is 12.6 Å². The van der Waals surface area contributed by atoms with Gasteiger partial charge >= 0.3 is 0 Å². The van der Waals surface area contributed by atoms with Crippen LogP contribution < -0.4 is 0 Å². The number of hydrogen-bond acceptors (Lipinski definition) is 3. The Morgan fingerprint density at radius 2 is 2.06 bits per heavy atom. The smallest absolute Gasteiger partial charge is 0.0698 e. The Bertz CT molecular complexity index is 367. The van der Waals surface area contributed by atoms with E-state index in [2.05, 4.69) is 36.2 Å². The van der Waals surface area contributed by atoms with E-state index in [4.69, 9.17) is 9.84 Å². The zero-order valence-corrected chi connectivity index (χ0v) is 11.1. The highest BCUT2D eigenvalue weighted by Gasteiger charge is 2.21. The normalized spacial score (nSPS) is 18.9. The summed E-state index contributed by atoms with van der Waals surface area (Å²) in [5.74, 6) is 0. The topological polar surface area (TPSA) is 32.7 Å². The van der Waals surface area contributed by atoms with Crippen molar-refractivity contribution in [1.82, 2.24) is 4.90 Å². The second-order valence-corrected chi connectivity index (χ2v) is 4.98. The first-order valence-electron chi connectivity index (χ1n) is 6.77. The second kappa shape index (κ2) is 6.88. The molecule has 1 N–H and O–H groups in total. The van der Waals surface area contributed by atoms with E-state index in [1.54, 1.807) is 0 Å². The Hall–Kier alpha value is -0.900. The zero-order chi connectivity index (χ0) is 12.8. The van der Waals surface area contributed by atoms with Crippen molar-refractivity contribution in [2.45, 2.75) is 25.3 Å². The summed E-state index contributed by atoms with van der Waals surface area (Å²) in [4.78, 5) is 2.38. The highest BCUT2D eigenvalue weighted by molar-refractivity contribution is 5.30. The molecule has 1 unspecified atom stereocenters. The minimum Gasteiger partial charge on any atom is -0.394 e. The van der Waals surface area contributed by atoms with E-state index in [0.717, 1.165) is 13.0 Å². The number of benzene rings is 1. The largest absolute Gasteiger partial charge is 0.394 e. The average molecular weight is 249 g/mol. The van der Waals surface area contributed by atoms with E-state index < -0.39 is 0 Å². The predicted octanol–water partition coefficient (Wildman–Crippen LogP) is 1.48. The standard InChI is InChI=1S/C15H23NO2/c1-16(8-10-18-11-9-17)15-7-6-13-4-2-3-5-14(13)12-15/h2-5,15,17H,6-12H2,1H3. The van der Waals surface area contributed by atoms with Crippen molar-refractivity contribution in [2.24, 2.45) is 0 Å². The van der Waals surface area contributed by atoms with Crippen molar-refractivity contribution >= 4 is 0 Å². The van der Waals surface area contributed by atoms with Gasteiger partial charge in [-0.25, -0.2) is 0 Å². The number of likely N-dealkylation sites (N-methyl/N-ethyl adjacent to an activating group) is 1. The van der Waals surface area contributed by atoms with E-state index in [9.17, 15) is 0 Å². The monoisotopic (exact) mass is 249 g/mol. The summed E-state index contributed by atoms with van der Waals surface area (Å²) in [6.07, 6.45) is 3.56. The van der Waals surface area contributed by atoms with Crippen LogP contribution in [-0.4, -0.2) is 49.5 Å². The lowest BCUT2D eigenvalue weighted by Crippen LogP contribution is -2.38. The van der Waals surface area contributed by atoms with E-state index in [-0.39, 0.29) is 6.61 Å². The fraction of sp³-hybridized carbons (Fsp3) is 0.600. The predicted molar refractivity (Wildman–Crippen MR) is 72.8 cm³/mol. The summed E-state index contributed by atoms with van der Waals surface area (Å²) in [6, 6.07) is 9.38. The highest BCUT2D eigenvalue weighted by atomic mass is 16.5. The van der Waals surface area contributed by atoms with Crippen LogP contribution in [0.4, 0.5) is 0 Å². The molecule has 0 saturated heterocycles. The van der Waals surface area contributed by atoms with Crippen LogP contribution in [-0.2, 0) is 17.6 Å². The zero-order valence-electron chi connectivity index (χ0n) is 11.1. The molecule has 0 aromatic heterocycles. The molecule has 3 nitrogen and oxygen atoms in total. The molecule has 0 saturated carbocycles. The van der Waals surface area contributed by atoms with Crippen molar-refractivity contribution in [3.8, 4) is 0 Å². The third-order valence-electron chi connectivity index (χ3n) is 3.77. The summed E-state index contributed by atoms with van der Waals surface area (Å²) < 4.78 is 5.32. The minimum atomic E-state index is 0.112. The molecule has 0 spiro atoms. The molecule has 0 radical (unpaired) electrons. The summed E-state index contributed by atoms with van der Waals surface area (Å²) in [5, 5.41) is 8.65. The van der Waals surface area contributed by atoms with Crippen LogP contribution in [0, 0.1) is 0 Å². The van der Waals surface area contributed by atoms with Gasteiger partial charge in [-0.05, 0) is 37.4 Å². The second-order valence-electron chi connectivity index (χ2n) is 4.98. The maximum Gasteiger partial charge on any atom is 0.0698 e. The molecule has 0 heterocycles. The van der Waals surface area contributed by atoms with Crippen LogP contribution in [0.3, 0.4) is 0 Å². The van der Waals surface area contributed by atoms with E-state index in [0.29, 0.717) is 19.3 Å². The lowest BCUT2D eigenvalue weighted by Gasteiger charge is -2.32. The SMILES string of the molecule is CN(CCOCCO)C1CCc2ccccc2C1. The number of aryl methyl sites for hydroxylation is 1. The van der Waals surface area contributed by atoms with Gasteiger partial charge < -0.3 is 14.7 Å². The third-order valence-corrected chi connectivity index (χ3v) is 3.77. The molecule has 2 rings (SSSR count). The van der Waals surface area contributed by atoms with Gasteiger partial charge in [0.05, 0.1) is 19.8 Å². The Kier molecular flexibility index (Phi) is 5.17. The van der Waals surface area contributed by atoms with Crippen LogP contribution in [0.2, 0.25) is 0 Å². The molecule has 1 aliphatic carbocycles. The molecule has 100 valence electrons. The average Bonchev–Trinajstić information content (AvgIpc) is 2.43. The van der Waals surface area contributed by atoms with Crippen molar-refractivity contribution in [3.05, 3.63) is 35.4 Å². The quantitative estimate of drug-likeness (QED) is 0.775. The Morgan fingerprint density at radius 3 is 2.83 bits per heavy atom. The first-order valence-corrected chi connectivity index (χ1v) is 6.77. The molecule has 3 heteroatoms. The Balaban J connectivity index is 1.81. The van der Waals surface area contributed by atoms with Gasteiger partial charge in [0.1, 0.15) is 0 Å². The molecule has 0 aliphatic heterocycles. The van der Waals surface area contributed by atoms with Crippen molar-refractivity contribution in [1.29, 1.82) is 0 Å². The molecule has 0 amide bonds. The number of fused-ring (bicyclic) bond motifs is 1. The maximum atomic E-state index is 8.65. The first kappa shape index (κ1) is 13.5. The first-order chi connectivity index (χ1) is 8.81. The number of aliphatic hydroxyl groups excluding tert-OH is 1. The van der Waals surface area contributed by atoms with Crippen LogP contribution in [0.5, 0.6) is 0 Å². The molecule has 0 fully saturated rings.